The van der Waals surface area contributed by atoms with Crippen molar-refractivity contribution in [1.29, 1.82) is 5.41 Å². The van der Waals surface area contributed by atoms with Gasteiger partial charge in [-0.25, -0.2) is 9.07 Å². The molecule has 1 aromatic carbocycles. The van der Waals surface area contributed by atoms with E-state index in [9.17, 15) is 22.4 Å². The van der Waals surface area contributed by atoms with Gasteiger partial charge in [0.05, 0.1) is 11.3 Å². The van der Waals surface area contributed by atoms with Crippen LogP contribution in [0.25, 0.3) is 11.3 Å². The Morgan fingerprint density at radius 1 is 1.21 bits per heavy atom. The molecule has 0 saturated heterocycles. The highest BCUT2D eigenvalue weighted by Crippen LogP contribution is 2.33. The van der Waals surface area contributed by atoms with Gasteiger partial charge in [-0.2, -0.15) is 18.3 Å². The Morgan fingerprint density at radius 3 is 2.41 bits per heavy atom. The predicted molar refractivity (Wildman–Crippen MR) is 123 cm³/mol. The number of carbonyl (C=O) groups is 1. The summed E-state index contributed by atoms with van der Waals surface area (Å²) in [6, 6.07) is 4.35. The number of likely N-dealkylation sites (N-methyl/N-ethyl adjacent to an activating group) is 1. The van der Waals surface area contributed by atoms with Gasteiger partial charge in [0.1, 0.15) is 11.3 Å². The zero-order chi connectivity index (χ0) is 25.7. The maximum atomic E-state index is 14.1. The Balaban J connectivity index is 2.23. The number of nitrogens with one attached hydrogen (secondary N) is 2. The van der Waals surface area contributed by atoms with E-state index in [1.807, 2.05) is 34.7 Å². The molecule has 2 aromatic rings. The number of carbonyl (C=O) groups excluding carboxylic acids is 1. The first-order valence-electron chi connectivity index (χ1n) is 11.2. The fourth-order valence-electron chi connectivity index (χ4n) is 3.55. The summed E-state index contributed by atoms with van der Waals surface area (Å²) in [6.45, 7) is 9.29. The maximum absolute atomic E-state index is 14.1. The van der Waals surface area contributed by atoms with Gasteiger partial charge in [0, 0.05) is 36.3 Å². The van der Waals surface area contributed by atoms with Crippen LogP contribution in [-0.4, -0.2) is 46.8 Å². The number of benzene rings is 1. The van der Waals surface area contributed by atoms with Crippen molar-refractivity contribution in [2.75, 3.05) is 20.1 Å². The number of hydrogen-bond donors (Lipinski definition) is 2. The molecule has 0 atom stereocenters. The number of aryl methyl sites for hydroxylation is 1. The lowest BCUT2D eigenvalue weighted by molar-refractivity contribution is -0.140. The summed E-state index contributed by atoms with van der Waals surface area (Å²) in [5, 5.41) is 16.1. The van der Waals surface area contributed by atoms with Crippen molar-refractivity contribution in [3.05, 3.63) is 46.7 Å². The number of halogens is 4. The SMILES string of the molecule is CNC(C)(C)CN(C=O)CCCCn1nc(-c2ccc(C(F)(F)F)c(F)c2)cc(C(C)C)c1=N. The molecule has 0 aliphatic heterocycles. The predicted octanol–water partition coefficient (Wildman–Crippen LogP) is 4.55. The highest BCUT2D eigenvalue weighted by Gasteiger charge is 2.34. The molecule has 2 N–H and O–H groups in total. The maximum Gasteiger partial charge on any atom is 0.419 e. The van der Waals surface area contributed by atoms with Gasteiger partial charge in [0.25, 0.3) is 0 Å². The van der Waals surface area contributed by atoms with Crippen LogP contribution in [0, 0.1) is 11.2 Å². The number of alkyl halides is 3. The first-order valence-corrected chi connectivity index (χ1v) is 11.2. The lowest BCUT2D eigenvalue weighted by Crippen LogP contribution is -2.47. The number of hydrogen-bond acceptors (Lipinski definition) is 4. The van der Waals surface area contributed by atoms with Crippen LogP contribution in [0.2, 0.25) is 0 Å². The van der Waals surface area contributed by atoms with Gasteiger partial charge < -0.3 is 10.2 Å². The minimum absolute atomic E-state index is 0.0332. The molecular weight excluding hydrogens is 450 g/mol. The smallest absolute Gasteiger partial charge is 0.343 e. The van der Waals surface area contributed by atoms with Crippen molar-refractivity contribution in [2.24, 2.45) is 0 Å². The quantitative estimate of drug-likeness (QED) is 0.280. The summed E-state index contributed by atoms with van der Waals surface area (Å²) in [5.41, 5.74) is -0.166. The Labute approximate surface area is 197 Å². The minimum Gasteiger partial charge on any atom is -0.343 e. The second kappa shape index (κ2) is 11.1. The molecular formula is C24H33F4N5O. The molecule has 1 amide bonds. The topological polar surface area (TPSA) is 74.0 Å². The van der Waals surface area contributed by atoms with Crippen LogP contribution in [0.3, 0.4) is 0 Å². The molecule has 0 bridgehead atoms. The standard InChI is InChI=1S/C24H33F4N5O/c1-16(2)18-13-21(17-8-9-19(20(25)12-17)24(26,27)28)31-33(22(18)29)11-7-6-10-32(15-34)14-23(3,4)30-5/h8-9,12-13,15-16,29-30H,6-7,10-11,14H2,1-5H3. The molecule has 0 saturated carbocycles. The van der Waals surface area contributed by atoms with E-state index >= 15 is 0 Å². The molecule has 0 fully saturated rings. The Hall–Kier alpha value is -2.75. The van der Waals surface area contributed by atoms with E-state index in [2.05, 4.69) is 10.4 Å². The van der Waals surface area contributed by atoms with Crippen LogP contribution >= 0.6 is 0 Å². The average molecular weight is 484 g/mol. The van der Waals surface area contributed by atoms with Gasteiger partial charge in [0.15, 0.2) is 0 Å². The lowest BCUT2D eigenvalue weighted by Gasteiger charge is -2.30. The fraction of sp³-hybridized carbons (Fsp3) is 0.542. The summed E-state index contributed by atoms with van der Waals surface area (Å²) >= 11 is 0. The van der Waals surface area contributed by atoms with Crippen molar-refractivity contribution >= 4 is 6.41 Å². The van der Waals surface area contributed by atoms with Crippen LogP contribution in [0.1, 0.15) is 57.6 Å². The van der Waals surface area contributed by atoms with Crippen LogP contribution in [0.15, 0.2) is 24.3 Å². The lowest BCUT2D eigenvalue weighted by atomic mass is 10.0. The number of nitrogens with zero attached hydrogens (tertiary/aromatic N) is 3. The fourth-order valence-corrected chi connectivity index (χ4v) is 3.55. The molecule has 10 heteroatoms. The van der Waals surface area contributed by atoms with Gasteiger partial charge >= 0.3 is 6.18 Å². The van der Waals surface area contributed by atoms with E-state index in [1.165, 1.54) is 10.7 Å². The van der Waals surface area contributed by atoms with Crippen molar-refractivity contribution in [3.8, 4) is 11.3 Å². The number of amides is 1. The van der Waals surface area contributed by atoms with Gasteiger partial charge in [-0.05, 0) is 57.9 Å². The molecule has 1 aromatic heterocycles. The second-order valence-electron chi connectivity index (χ2n) is 9.32. The number of rotatable bonds is 11. The van der Waals surface area contributed by atoms with Gasteiger partial charge in [0.2, 0.25) is 6.41 Å². The van der Waals surface area contributed by atoms with Crippen molar-refractivity contribution in [2.45, 2.75) is 64.7 Å². The summed E-state index contributed by atoms with van der Waals surface area (Å²) in [5.74, 6) is -1.40. The van der Waals surface area contributed by atoms with E-state index in [0.29, 0.717) is 49.8 Å². The van der Waals surface area contributed by atoms with E-state index in [0.717, 1.165) is 12.5 Å². The van der Waals surface area contributed by atoms with Crippen molar-refractivity contribution < 1.29 is 22.4 Å². The zero-order valence-electron chi connectivity index (χ0n) is 20.3. The first kappa shape index (κ1) is 27.5. The van der Waals surface area contributed by atoms with E-state index in [4.69, 9.17) is 5.41 Å². The molecule has 34 heavy (non-hydrogen) atoms. The third kappa shape index (κ3) is 7.12. The van der Waals surface area contributed by atoms with Crippen molar-refractivity contribution in [3.63, 3.8) is 0 Å². The van der Waals surface area contributed by atoms with Crippen LogP contribution in [0.5, 0.6) is 0 Å². The van der Waals surface area contributed by atoms with E-state index < -0.39 is 17.6 Å². The molecule has 0 spiro atoms. The molecule has 6 nitrogen and oxygen atoms in total. The third-order valence-corrected chi connectivity index (χ3v) is 5.73. The molecule has 0 aliphatic carbocycles. The third-order valence-electron chi connectivity index (χ3n) is 5.73. The summed E-state index contributed by atoms with van der Waals surface area (Å²) in [6.07, 6.45) is -2.64. The summed E-state index contributed by atoms with van der Waals surface area (Å²) in [4.78, 5) is 13.1. The highest BCUT2D eigenvalue weighted by atomic mass is 19.4. The van der Waals surface area contributed by atoms with Gasteiger partial charge in [-0.3, -0.25) is 10.2 Å². The van der Waals surface area contributed by atoms with Gasteiger partial charge in [-0.15, -0.1) is 0 Å². The van der Waals surface area contributed by atoms with E-state index in [-0.39, 0.29) is 22.5 Å². The Morgan fingerprint density at radius 2 is 1.88 bits per heavy atom. The number of aromatic nitrogens is 2. The average Bonchev–Trinajstić information content (AvgIpc) is 2.75. The normalized spacial score (nSPS) is 12.3. The van der Waals surface area contributed by atoms with Crippen LogP contribution < -0.4 is 10.8 Å². The monoisotopic (exact) mass is 483 g/mol. The van der Waals surface area contributed by atoms with Crippen molar-refractivity contribution in [1.82, 2.24) is 20.0 Å². The second-order valence-corrected chi connectivity index (χ2v) is 9.32. The molecule has 1 heterocycles. The molecule has 0 unspecified atom stereocenters. The largest absolute Gasteiger partial charge is 0.419 e. The van der Waals surface area contributed by atoms with Crippen LogP contribution in [-0.2, 0) is 17.5 Å². The van der Waals surface area contributed by atoms with Crippen LogP contribution in [0.4, 0.5) is 17.6 Å². The number of unbranched alkanes of at least 4 members (excludes halogenated alkanes) is 1. The molecule has 0 radical (unpaired) electrons. The highest BCUT2D eigenvalue weighted by molar-refractivity contribution is 5.60. The molecule has 2 rings (SSSR count). The zero-order valence-corrected chi connectivity index (χ0v) is 20.3. The van der Waals surface area contributed by atoms with Gasteiger partial charge in [-0.1, -0.05) is 19.9 Å². The summed E-state index contributed by atoms with van der Waals surface area (Å²) in [7, 11) is 1.84. The summed E-state index contributed by atoms with van der Waals surface area (Å²) < 4.78 is 54.4. The Kier molecular flexibility index (Phi) is 8.99. The minimum atomic E-state index is -4.78. The molecule has 0 aliphatic rings. The van der Waals surface area contributed by atoms with E-state index in [1.54, 1.807) is 11.0 Å². The Bertz CT molecular complexity index is 1050. The molecule has 188 valence electrons. The first-order chi connectivity index (χ1) is 15.8.